The molecule has 1 saturated heterocycles. The summed E-state index contributed by atoms with van der Waals surface area (Å²) in [6.45, 7) is 7.97. The predicted octanol–water partition coefficient (Wildman–Crippen LogP) is 4.03. The highest BCUT2D eigenvalue weighted by molar-refractivity contribution is 9.10. The van der Waals surface area contributed by atoms with Crippen molar-refractivity contribution in [2.45, 2.75) is 58.2 Å². The molecule has 0 spiro atoms. The van der Waals surface area contributed by atoms with E-state index >= 15 is 0 Å². The molecule has 5 nitrogen and oxygen atoms in total. The average Bonchev–Trinajstić information content (AvgIpc) is 2.95. The molecule has 2 rings (SSSR count). The standard InChI is InChI=1S/C18H25BrN2O3/c1-12(13-7-9-14(19)10-8-13)20-16(22)15-6-5-11-21(15)17(23)24-18(2,3)4/h7-10,12,15H,5-6,11H2,1-4H3,(H,20,22). The van der Waals surface area contributed by atoms with Gasteiger partial charge in [-0.05, 0) is 58.2 Å². The number of benzene rings is 1. The number of carbonyl (C=O) groups is 2. The first-order chi connectivity index (χ1) is 11.2. The van der Waals surface area contributed by atoms with Crippen LogP contribution >= 0.6 is 15.9 Å². The van der Waals surface area contributed by atoms with E-state index in [4.69, 9.17) is 4.74 Å². The molecule has 1 aromatic rings. The normalized spacial score (nSPS) is 19.0. The van der Waals surface area contributed by atoms with Crippen molar-refractivity contribution in [1.29, 1.82) is 0 Å². The van der Waals surface area contributed by atoms with Crippen LogP contribution in [-0.4, -0.2) is 35.1 Å². The third-order valence-corrected chi connectivity index (χ3v) is 4.44. The number of rotatable bonds is 3. The van der Waals surface area contributed by atoms with E-state index < -0.39 is 17.7 Å². The second-order valence-electron chi connectivity index (χ2n) is 7.11. The highest BCUT2D eigenvalue weighted by Gasteiger charge is 2.36. The van der Waals surface area contributed by atoms with Crippen LogP contribution in [0.1, 0.15) is 52.1 Å². The van der Waals surface area contributed by atoms with Crippen molar-refractivity contribution in [3.63, 3.8) is 0 Å². The molecular weight excluding hydrogens is 372 g/mol. The first-order valence-electron chi connectivity index (χ1n) is 8.23. The molecule has 1 aliphatic rings. The SMILES string of the molecule is CC(NC(=O)C1CCCN1C(=O)OC(C)(C)C)c1ccc(Br)cc1. The molecule has 6 heteroatoms. The molecule has 0 bridgehead atoms. The van der Waals surface area contributed by atoms with Crippen molar-refractivity contribution < 1.29 is 14.3 Å². The van der Waals surface area contributed by atoms with Crippen LogP contribution < -0.4 is 5.32 Å². The van der Waals surface area contributed by atoms with Crippen LogP contribution in [0.5, 0.6) is 0 Å². The van der Waals surface area contributed by atoms with Crippen LogP contribution in [0.4, 0.5) is 4.79 Å². The molecule has 1 N–H and O–H groups in total. The molecule has 0 aromatic heterocycles. The van der Waals surface area contributed by atoms with Crippen molar-refractivity contribution in [3.8, 4) is 0 Å². The van der Waals surface area contributed by atoms with Gasteiger partial charge in [0.2, 0.25) is 5.91 Å². The lowest BCUT2D eigenvalue weighted by Crippen LogP contribution is -2.48. The van der Waals surface area contributed by atoms with Crippen LogP contribution in [0.15, 0.2) is 28.7 Å². The fourth-order valence-corrected chi connectivity index (χ4v) is 2.99. The summed E-state index contributed by atoms with van der Waals surface area (Å²) in [6.07, 6.45) is 1.05. The smallest absolute Gasteiger partial charge is 0.410 e. The molecular formula is C18H25BrN2O3. The van der Waals surface area contributed by atoms with E-state index in [0.29, 0.717) is 13.0 Å². The van der Waals surface area contributed by atoms with E-state index in [1.54, 1.807) is 0 Å². The van der Waals surface area contributed by atoms with Crippen molar-refractivity contribution in [3.05, 3.63) is 34.3 Å². The average molecular weight is 397 g/mol. The van der Waals surface area contributed by atoms with Gasteiger partial charge in [-0.3, -0.25) is 9.69 Å². The molecule has 0 saturated carbocycles. The van der Waals surface area contributed by atoms with Crippen molar-refractivity contribution in [2.75, 3.05) is 6.54 Å². The Morgan fingerprint density at radius 1 is 1.29 bits per heavy atom. The number of hydrogen-bond donors (Lipinski definition) is 1. The van der Waals surface area contributed by atoms with E-state index in [9.17, 15) is 9.59 Å². The Labute approximate surface area is 151 Å². The zero-order chi connectivity index (χ0) is 17.9. The second-order valence-corrected chi connectivity index (χ2v) is 8.03. The zero-order valence-electron chi connectivity index (χ0n) is 14.6. The highest BCUT2D eigenvalue weighted by Crippen LogP contribution is 2.22. The number of likely N-dealkylation sites (tertiary alicyclic amines) is 1. The van der Waals surface area contributed by atoms with Crippen LogP contribution in [0.2, 0.25) is 0 Å². The zero-order valence-corrected chi connectivity index (χ0v) is 16.2. The Morgan fingerprint density at radius 3 is 2.50 bits per heavy atom. The van der Waals surface area contributed by atoms with Gasteiger partial charge < -0.3 is 10.1 Å². The lowest BCUT2D eigenvalue weighted by atomic mass is 10.1. The van der Waals surface area contributed by atoms with Gasteiger partial charge in [-0.25, -0.2) is 4.79 Å². The highest BCUT2D eigenvalue weighted by atomic mass is 79.9. The number of nitrogens with one attached hydrogen (secondary N) is 1. The maximum absolute atomic E-state index is 12.6. The molecule has 2 unspecified atom stereocenters. The number of halogens is 1. The Morgan fingerprint density at radius 2 is 1.92 bits per heavy atom. The Kier molecular flexibility index (Phi) is 5.91. The molecule has 132 valence electrons. The van der Waals surface area contributed by atoms with Gasteiger partial charge in [0, 0.05) is 11.0 Å². The Bertz CT molecular complexity index is 595. The summed E-state index contributed by atoms with van der Waals surface area (Å²) < 4.78 is 6.40. The summed E-state index contributed by atoms with van der Waals surface area (Å²) in [5.74, 6) is -0.131. The minimum Gasteiger partial charge on any atom is -0.444 e. The third-order valence-electron chi connectivity index (χ3n) is 3.91. The minimum atomic E-state index is -0.564. The summed E-state index contributed by atoms with van der Waals surface area (Å²) >= 11 is 3.40. The number of ether oxygens (including phenoxy) is 1. The van der Waals surface area contributed by atoms with Gasteiger partial charge in [-0.15, -0.1) is 0 Å². The number of carbonyl (C=O) groups excluding carboxylic acids is 2. The molecule has 24 heavy (non-hydrogen) atoms. The first-order valence-corrected chi connectivity index (χ1v) is 9.02. The van der Waals surface area contributed by atoms with Crippen LogP contribution in [0.25, 0.3) is 0 Å². The molecule has 2 amide bonds. The largest absolute Gasteiger partial charge is 0.444 e. The lowest BCUT2D eigenvalue weighted by Gasteiger charge is -2.28. The molecule has 1 fully saturated rings. The molecule has 0 aliphatic carbocycles. The topological polar surface area (TPSA) is 58.6 Å². The van der Waals surface area contributed by atoms with E-state index in [1.807, 2.05) is 52.0 Å². The number of amides is 2. The van der Waals surface area contributed by atoms with Crippen molar-refractivity contribution >= 4 is 27.9 Å². The van der Waals surface area contributed by atoms with Crippen LogP contribution in [0, 0.1) is 0 Å². The van der Waals surface area contributed by atoms with Gasteiger partial charge >= 0.3 is 6.09 Å². The number of nitrogens with zero attached hydrogens (tertiary/aromatic N) is 1. The lowest BCUT2D eigenvalue weighted by molar-refractivity contribution is -0.126. The summed E-state index contributed by atoms with van der Waals surface area (Å²) in [7, 11) is 0. The van der Waals surface area contributed by atoms with E-state index in [2.05, 4.69) is 21.2 Å². The minimum absolute atomic E-state index is 0.119. The van der Waals surface area contributed by atoms with Crippen molar-refractivity contribution in [2.24, 2.45) is 0 Å². The van der Waals surface area contributed by atoms with Gasteiger partial charge in [0.15, 0.2) is 0 Å². The van der Waals surface area contributed by atoms with Gasteiger partial charge in [0.25, 0.3) is 0 Å². The maximum Gasteiger partial charge on any atom is 0.410 e. The van der Waals surface area contributed by atoms with E-state index in [1.165, 1.54) is 4.90 Å². The van der Waals surface area contributed by atoms with Gasteiger partial charge in [-0.2, -0.15) is 0 Å². The molecule has 2 atom stereocenters. The summed E-state index contributed by atoms with van der Waals surface area (Å²) in [5, 5.41) is 3.00. The molecule has 0 radical (unpaired) electrons. The van der Waals surface area contributed by atoms with Gasteiger partial charge in [-0.1, -0.05) is 28.1 Å². The summed E-state index contributed by atoms with van der Waals surface area (Å²) in [5.41, 5.74) is 0.458. The summed E-state index contributed by atoms with van der Waals surface area (Å²) in [6, 6.07) is 7.25. The first kappa shape index (κ1) is 18.8. The van der Waals surface area contributed by atoms with E-state index in [-0.39, 0.29) is 11.9 Å². The maximum atomic E-state index is 12.6. The van der Waals surface area contributed by atoms with Gasteiger partial charge in [0.1, 0.15) is 11.6 Å². The second kappa shape index (κ2) is 7.55. The fourth-order valence-electron chi connectivity index (χ4n) is 2.72. The monoisotopic (exact) mass is 396 g/mol. The quantitative estimate of drug-likeness (QED) is 0.838. The third kappa shape index (κ3) is 4.97. The Balaban J connectivity index is 2.00. The van der Waals surface area contributed by atoms with Crippen LogP contribution in [0.3, 0.4) is 0 Å². The predicted molar refractivity (Wildman–Crippen MR) is 96.7 cm³/mol. The summed E-state index contributed by atoms with van der Waals surface area (Å²) in [4.78, 5) is 26.4. The van der Waals surface area contributed by atoms with Crippen molar-refractivity contribution in [1.82, 2.24) is 10.2 Å². The molecule has 1 heterocycles. The number of hydrogen-bond acceptors (Lipinski definition) is 3. The fraction of sp³-hybridized carbons (Fsp3) is 0.556. The van der Waals surface area contributed by atoms with E-state index in [0.717, 1.165) is 16.5 Å². The molecule has 1 aliphatic heterocycles. The van der Waals surface area contributed by atoms with Gasteiger partial charge in [0.05, 0.1) is 6.04 Å². The Hall–Kier alpha value is -1.56. The van der Waals surface area contributed by atoms with Crippen LogP contribution in [-0.2, 0) is 9.53 Å². The molecule has 1 aromatic carbocycles.